The van der Waals surface area contributed by atoms with E-state index >= 15 is 0 Å². The number of rotatable bonds is 3. The molecule has 4 aliphatic rings. The number of ether oxygens (including phenoxy) is 1. The van der Waals surface area contributed by atoms with Crippen molar-refractivity contribution in [2.75, 3.05) is 6.61 Å². The third-order valence-electron chi connectivity index (χ3n) is 8.07. The Labute approximate surface area is 213 Å². The van der Waals surface area contributed by atoms with Gasteiger partial charge < -0.3 is 9.84 Å². The van der Waals surface area contributed by atoms with Crippen molar-refractivity contribution < 1.29 is 19.4 Å². The summed E-state index contributed by atoms with van der Waals surface area (Å²) in [7, 11) is 0. The topological polar surface area (TPSA) is 63.6 Å². The summed E-state index contributed by atoms with van der Waals surface area (Å²) in [6, 6.07) is 0. The van der Waals surface area contributed by atoms with Crippen molar-refractivity contribution in [3.05, 3.63) is 46.6 Å². The standard InChI is InChI=1S/C16H24.C9H12O2.C6H12O2/c1-5-14-15(11(2)3)9-7-13-10-12(4)6-8-16(13)14;10-9-6-8(4-5-11-9)7-2-1-3-7;1-4-6(2,3)5(7)8/h5,7,9-12,15-16H,6,8H2,1-4H3;1-6H2;4H2,1-3H3,(H,7,8)/b14-5+;;/t12-,15?,16?;;/m1../s1. The third-order valence-corrected chi connectivity index (χ3v) is 8.07. The number of hydrogen-bond acceptors (Lipinski definition) is 3. The Hall–Kier alpha value is -2.10. The van der Waals surface area contributed by atoms with E-state index in [0.717, 1.165) is 24.2 Å². The number of esters is 1. The van der Waals surface area contributed by atoms with Gasteiger partial charge in [0.05, 0.1) is 18.4 Å². The molecule has 0 aromatic rings. The van der Waals surface area contributed by atoms with Crippen molar-refractivity contribution in [3.8, 4) is 0 Å². The molecule has 1 N–H and O–H groups in total. The smallest absolute Gasteiger partial charge is 0.309 e. The first-order chi connectivity index (χ1) is 16.5. The molecule has 0 amide bonds. The lowest BCUT2D eigenvalue weighted by atomic mass is 9.69. The number of carbonyl (C=O) groups excluding carboxylic acids is 1. The van der Waals surface area contributed by atoms with Crippen LogP contribution in [0, 0.1) is 29.1 Å². The predicted molar refractivity (Wildman–Crippen MR) is 144 cm³/mol. The van der Waals surface area contributed by atoms with Crippen molar-refractivity contribution in [2.24, 2.45) is 29.1 Å². The van der Waals surface area contributed by atoms with Crippen LogP contribution in [0.4, 0.5) is 0 Å². The molecule has 4 rings (SSSR count). The summed E-state index contributed by atoms with van der Waals surface area (Å²) in [4.78, 5) is 21.1. The predicted octanol–water partition coefficient (Wildman–Crippen LogP) is 8.06. The number of cyclic esters (lactones) is 1. The molecular formula is C31H48O4. The normalized spacial score (nSPS) is 27.0. The van der Waals surface area contributed by atoms with E-state index in [-0.39, 0.29) is 5.97 Å². The molecule has 1 aliphatic heterocycles. The van der Waals surface area contributed by atoms with E-state index in [1.807, 2.05) is 6.92 Å². The minimum absolute atomic E-state index is 0.0364. The molecule has 196 valence electrons. The monoisotopic (exact) mass is 484 g/mol. The summed E-state index contributed by atoms with van der Waals surface area (Å²) in [6.45, 7) is 15.1. The SMILES string of the molecule is C/C=C1/C2CC[C@@H](C)C=C2C=CC1C(C)C.CCC(C)(C)C(=O)O.O=C1CC(=C2CCC2)CCO1. The number of aliphatic carboxylic acids is 1. The molecule has 0 aromatic heterocycles. The average Bonchev–Trinajstić information content (AvgIpc) is 2.77. The molecule has 4 heteroatoms. The first-order valence-corrected chi connectivity index (χ1v) is 13.6. The maximum atomic E-state index is 10.9. The van der Waals surface area contributed by atoms with E-state index in [4.69, 9.17) is 9.84 Å². The highest BCUT2D eigenvalue weighted by Gasteiger charge is 2.30. The molecule has 0 spiro atoms. The van der Waals surface area contributed by atoms with Crippen molar-refractivity contribution >= 4 is 11.9 Å². The molecule has 0 bridgehead atoms. The Balaban J connectivity index is 0.000000198. The molecule has 3 aliphatic carbocycles. The largest absolute Gasteiger partial charge is 0.481 e. The fourth-order valence-corrected chi connectivity index (χ4v) is 4.98. The Morgan fingerprint density at radius 2 is 1.89 bits per heavy atom. The maximum absolute atomic E-state index is 10.9. The highest BCUT2D eigenvalue weighted by atomic mass is 16.5. The van der Waals surface area contributed by atoms with Crippen molar-refractivity contribution in [3.63, 3.8) is 0 Å². The summed E-state index contributed by atoms with van der Waals surface area (Å²) in [5.41, 5.74) is 5.59. The maximum Gasteiger partial charge on any atom is 0.309 e. The van der Waals surface area contributed by atoms with Crippen molar-refractivity contribution in [1.82, 2.24) is 0 Å². The van der Waals surface area contributed by atoms with Crippen LogP contribution in [0.2, 0.25) is 0 Å². The van der Waals surface area contributed by atoms with E-state index in [1.165, 1.54) is 43.3 Å². The number of carboxylic acids is 1. The molecule has 0 radical (unpaired) electrons. The van der Waals surface area contributed by atoms with Crippen molar-refractivity contribution in [1.29, 1.82) is 0 Å². The van der Waals surface area contributed by atoms with Crippen LogP contribution >= 0.6 is 0 Å². The van der Waals surface area contributed by atoms with Gasteiger partial charge in [0.25, 0.3) is 0 Å². The Morgan fingerprint density at radius 3 is 2.34 bits per heavy atom. The van der Waals surface area contributed by atoms with Gasteiger partial charge in [0.15, 0.2) is 0 Å². The average molecular weight is 485 g/mol. The molecule has 1 heterocycles. The van der Waals surface area contributed by atoms with Crippen LogP contribution < -0.4 is 0 Å². The molecule has 1 saturated carbocycles. The molecule has 2 fully saturated rings. The van der Waals surface area contributed by atoms with Crippen LogP contribution in [-0.2, 0) is 14.3 Å². The Bertz CT molecular complexity index is 862. The summed E-state index contributed by atoms with van der Waals surface area (Å²) in [5.74, 6) is 2.12. The first kappa shape index (κ1) is 29.1. The van der Waals surface area contributed by atoms with Gasteiger partial charge >= 0.3 is 11.9 Å². The summed E-state index contributed by atoms with van der Waals surface area (Å²) in [5, 5.41) is 8.44. The van der Waals surface area contributed by atoms with Crippen LogP contribution in [0.15, 0.2) is 46.6 Å². The zero-order chi connectivity index (χ0) is 26.2. The summed E-state index contributed by atoms with van der Waals surface area (Å²) < 4.78 is 4.85. The van der Waals surface area contributed by atoms with Gasteiger partial charge in [-0.15, -0.1) is 0 Å². The van der Waals surface area contributed by atoms with E-state index in [9.17, 15) is 9.59 Å². The number of carboxylic acid groups (broad SMARTS) is 1. The molecule has 1 saturated heterocycles. The van der Waals surface area contributed by atoms with E-state index in [1.54, 1.807) is 25.0 Å². The van der Waals surface area contributed by atoms with Gasteiger partial charge in [-0.2, -0.15) is 0 Å². The van der Waals surface area contributed by atoms with Gasteiger partial charge in [0.1, 0.15) is 0 Å². The second-order valence-electron chi connectivity index (χ2n) is 11.4. The molecule has 2 unspecified atom stereocenters. The lowest BCUT2D eigenvalue weighted by Crippen LogP contribution is -2.24. The van der Waals surface area contributed by atoms with Gasteiger partial charge in [-0.1, -0.05) is 68.7 Å². The van der Waals surface area contributed by atoms with Crippen LogP contribution in [0.1, 0.15) is 99.8 Å². The first-order valence-electron chi connectivity index (χ1n) is 13.6. The van der Waals surface area contributed by atoms with E-state index in [0.29, 0.717) is 25.4 Å². The van der Waals surface area contributed by atoms with Gasteiger partial charge in [-0.05, 0) is 76.7 Å². The molecule has 35 heavy (non-hydrogen) atoms. The van der Waals surface area contributed by atoms with Crippen LogP contribution in [0.25, 0.3) is 0 Å². The minimum atomic E-state index is -0.722. The highest BCUT2D eigenvalue weighted by molar-refractivity contribution is 5.74. The number of hydrogen-bond donors (Lipinski definition) is 1. The number of carbonyl (C=O) groups is 2. The lowest BCUT2D eigenvalue weighted by Gasteiger charge is -2.36. The number of allylic oxidation sites excluding steroid dienone is 7. The van der Waals surface area contributed by atoms with Crippen molar-refractivity contribution in [2.45, 2.75) is 99.8 Å². The third kappa shape index (κ3) is 8.22. The highest BCUT2D eigenvalue weighted by Crippen LogP contribution is 2.43. The second-order valence-corrected chi connectivity index (χ2v) is 11.4. The fraction of sp³-hybridized carbons (Fsp3) is 0.677. The van der Waals surface area contributed by atoms with Crippen LogP contribution in [-0.4, -0.2) is 23.7 Å². The molecule has 4 nitrogen and oxygen atoms in total. The number of fused-ring (bicyclic) bond motifs is 1. The molecule has 0 aromatic carbocycles. The minimum Gasteiger partial charge on any atom is -0.481 e. The Morgan fingerprint density at radius 1 is 1.20 bits per heavy atom. The summed E-state index contributed by atoms with van der Waals surface area (Å²) in [6.07, 6.45) is 18.3. The van der Waals surface area contributed by atoms with Gasteiger partial charge in [0.2, 0.25) is 0 Å². The zero-order valence-corrected chi connectivity index (χ0v) is 23.2. The van der Waals surface area contributed by atoms with Crippen LogP contribution in [0.3, 0.4) is 0 Å². The van der Waals surface area contributed by atoms with Gasteiger partial charge in [-0.25, -0.2) is 0 Å². The fourth-order valence-electron chi connectivity index (χ4n) is 4.98. The zero-order valence-electron chi connectivity index (χ0n) is 23.2. The molecular weight excluding hydrogens is 436 g/mol. The quantitative estimate of drug-likeness (QED) is 0.325. The van der Waals surface area contributed by atoms with Gasteiger partial charge in [-0.3, -0.25) is 9.59 Å². The van der Waals surface area contributed by atoms with E-state index in [2.05, 4.69) is 52.0 Å². The van der Waals surface area contributed by atoms with Gasteiger partial charge in [0, 0.05) is 18.3 Å². The molecule has 3 atom stereocenters. The van der Waals surface area contributed by atoms with E-state index < -0.39 is 11.4 Å². The van der Waals surface area contributed by atoms with Crippen LogP contribution in [0.5, 0.6) is 0 Å². The Kier molecular flexibility index (Phi) is 11.0. The summed E-state index contributed by atoms with van der Waals surface area (Å²) >= 11 is 0. The second kappa shape index (κ2) is 13.3. The lowest BCUT2D eigenvalue weighted by molar-refractivity contribution is -0.147.